The largest absolute Gasteiger partial charge is 0.502 e. The summed E-state index contributed by atoms with van der Waals surface area (Å²) in [6, 6.07) is 0. The van der Waals surface area contributed by atoms with Crippen LogP contribution in [0.3, 0.4) is 0 Å². The molecule has 1 aliphatic carbocycles. The van der Waals surface area contributed by atoms with Crippen LogP contribution in [-0.4, -0.2) is 18.2 Å². The number of carbonyl (C=O) groups is 2. The van der Waals surface area contributed by atoms with Crippen LogP contribution in [0.1, 0.15) is 46.5 Å². The van der Waals surface area contributed by atoms with Gasteiger partial charge in [-0.2, -0.15) is 0 Å². The van der Waals surface area contributed by atoms with Crippen molar-refractivity contribution in [2.24, 2.45) is 23.7 Å². The third-order valence-electron chi connectivity index (χ3n) is 4.32. The van der Waals surface area contributed by atoms with Gasteiger partial charge < -0.3 is 9.53 Å². The van der Waals surface area contributed by atoms with Gasteiger partial charge in [0.1, 0.15) is 11.6 Å². The third kappa shape index (κ3) is 4.48. The van der Waals surface area contributed by atoms with Gasteiger partial charge in [0.05, 0.1) is 12.9 Å². The van der Waals surface area contributed by atoms with Crippen molar-refractivity contribution >= 4 is 11.6 Å². The molecule has 0 bridgehead atoms. The van der Waals surface area contributed by atoms with Crippen molar-refractivity contribution in [1.82, 2.24) is 0 Å². The molecule has 1 aliphatic rings. The zero-order valence-corrected chi connectivity index (χ0v) is 12.4. The standard InChI is InChI=1S/C16H26O3/c1-5-19-10-12(3)15-8-6-11(2)14(16(15)18)9-7-13(4)17/h5,11-12,14-15H,1,6-10H2,2-4H3/t11-,12+,14+,15+/m1/s1. The fourth-order valence-corrected chi connectivity index (χ4v) is 3.03. The minimum Gasteiger partial charge on any atom is -0.502 e. The monoisotopic (exact) mass is 266 g/mol. The van der Waals surface area contributed by atoms with Crippen molar-refractivity contribution in [2.45, 2.75) is 46.5 Å². The second-order valence-electron chi connectivity index (χ2n) is 5.89. The Bertz CT molecular complexity index is 335. The van der Waals surface area contributed by atoms with Gasteiger partial charge in [-0.15, -0.1) is 0 Å². The van der Waals surface area contributed by atoms with Gasteiger partial charge in [-0.1, -0.05) is 20.4 Å². The number of rotatable bonds is 7. The summed E-state index contributed by atoms with van der Waals surface area (Å²) < 4.78 is 5.21. The Balaban J connectivity index is 2.63. The van der Waals surface area contributed by atoms with E-state index in [2.05, 4.69) is 20.4 Å². The molecular weight excluding hydrogens is 240 g/mol. The van der Waals surface area contributed by atoms with E-state index < -0.39 is 0 Å². The van der Waals surface area contributed by atoms with Crippen LogP contribution in [0.4, 0.5) is 0 Å². The maximum atomic E-state index is 12.6. The molecule has 0 aromatic rings. The van der Waals surface area contributed by atoms with Crippen molar-refractivity contribution < 1.29 is 14.3 Å². The first-order valence-corrected chi connectivity index (χ1v) is 7.23. The van der Waals surface area contributed by atoms with E-state index in [4.69, 9.17) is 4.74 Å². The topological polar surface area (TPSA) is 43.4 Å². The highest BCUT2D eigenvalue weighted by molar-refractivity contribution is 5.85. The Hall–Kier alpha value is -1.12. The van der Waals surface area contributed by atoms with Crippen LogP contribution in [0.25, 0.3) is 0 Å². The maximum Gasteiger partial charge on any atom is 0.139 e. The average Bonchev–Trinajstić information content (AvgIpc) is 2.35. The lowest BCUT2D eigenvalue weighted by Gasteiger charge is -2.35. The third-order valence-corrected chi connectivity index (χ3v) is 4.32. The van der Waals surface area contributed by atoms with E-state index in [0.717, 1.165) is 12.8 Å². The van der Waals surface area contributed by atoms with E-state index in [1.54, 1.807) is 6.92 Å². The lowest BCUT2D eigenvalue weighted by molar-refractivity contribution is -0.134. The first kappa shape index (κ1) is 15.9. The van der Waals surface area contributed by atoms with Crippen LogP contribution in [0, 0.1) is 23.7 Å². The van der Waals surface area contributed by atoms with Crippen LogP contribution in [0.5, 0.6) is 0 Å². The maximum absolute atomic E-state index is 12.6. The van der Waals surface area contributed by atoms with Gasteiger partial charge >= 0.3 is 0 Å². The van der Waals surface area contributed by atoms with Gasteiger partial charge in [-0.25, -0.2) is 0 Å². The first-order chi connectivity index (χ1) is 8.97. The Labute approximate surface area is 116 Å². The average molecular weight is 266 g/mol. The molecule has 1 rings (SSSR count). The molecule has 3 heteroatoms. The van der Waals surface area contributed by atoms with Crippen molar-refractivity contribution in [2.75, 3.05) is 6.61 Å². The highest BCUT2D eigenvalue weighted by Crippen LogP contribution is 2.37. The minimum atomic E-state index is 0.0498. The Morgan fingerprint density at radius 1 is 1.53 bits per heavy atom. The van der Waals surface area contributed by atoms with E-state index in [-0.39, 0.29) is 23.5 Å². The van der Waals surface area contributed by atoms with E-state index >= 15 is 0 Å². The Morgan fingerprint density at radius 2 is 2.21 bits per heavy atom. The summed E-state index contributed by atoms with van der Waals surface area (Å²) in [5, 5.41) is 0. The van der Waals surface area contributed by atoms with Gasteiger partial charge in [0.2, 0.25) is 0 Å². The molecule has 1 fully saturated rings. The molecule has 0 spiro atoms. The molecule has 4 atom stereocenters. The summed E-state index contributed by atoms with van der Waals surface area (Å²) in [5.74, 6) is 1.25. The van der Waals surface area contributed by atoms with Crippen molar-refractivity contribution in [3.8, 4) is 0 Å². The van der Waals surface area contributed by atoms with E-state index in [9.17, 15) is 9.59 Å². The molecule has 0 unspecified atom stereocenters. The number of hydrogen-bond donors (Lipinski definition) is 0. The molecular formula is C16H26O3. The lowest BCUT2D eigenvalue weighted by atomic mass is 9.68. The zero-order valence-electron chi connectivity index (χ0n) is 12.4. The van der Waals surface area contributed by atoms with E-state index in [0.29, 0.717) is 31.1 Å². The SMILES string of the molecule is C=COC[C@H](C)[C@@H]1CC[C@@H](C)[C@H](CCC(C)=O)C1=O. The zero-order chi connectivity index (χ0) is 14.4. The number of ether oxygens (including phenoxy) is 1. The molecule has 0 amide bonds. The summed E-state index contributed by atoms with van der Waals surface area (Å²) in [6.07, 6.45) is 4.67. The fourth-order valence-electron chi connectivity index (χ4n) is 3.03. The van der Waals surface area contributed by atoms with Crippen LogP contribution >= 0.6 is 0 Å². The number of hydrogen-bond acceptors (Lipinski definition) is 3. The molecule has 0 aliphatic heterocycles. The second-order valence-corrected chi connectivity index (χ2v) is 5.89. The number of ketones is 2. The molecule has 0 aromatic heterocycles. The molecule has 3 nitrogen and oxygen atoms in total. The van der Waals surface area contributed by atoms with Gasteiger partial charge in [0.15, 0.2) is 0 Å². The molecule has 1 saturated carbocycles. The van der Waals surface area contributed by atoms with E-state index in [1.165, 1.54) is 6.26 Å². The first-order valence-electron chi connectivity index (χ1n) is 7.23. The summed E-state index contributed by atoms with van der Waals surface area (Å²) in [4.78, 5) is 23.7. The van der Waals surface area contributed by atoms with Crippen molar-refractivity contribution in [1.29, 1.82) is 0 Å². The van der Waals surface area contributed by atoms with Crippen LogP contribution < -0.4 is 0 Å². The quantitative estimate of drug-likeness (QED) is 0.663. The second kappa shape index (κ2) is 7.46. The molecule has 0 heterocycles. The molecule has 108 valence electrons. The predicted octanol–water partition coefficient (Wildman–Crippen LogP) is 3.38. The summed E-state index contributed by atoms with van der Waals surface area (Å²) in [5.41, 5.74) is 0. The molecule has 19 heavy (non-hydrogen) atoms. The van der Waals surface area contributed by atoms with Crippen molar-refractivity contribution in [3.63, 3.8) is 0 Å². The highest BCUT2D eigenvalue weighted by atomic mass is 16.5. The normalized spacial score (nSPS) is 28.8. The number of carbonyl (C=O) groups excluding carboxylic acids is 2. The molecule has 0 N–H and O–H groups in total. The Kier molecular flexibility index (Phi) is 6.26. The molecule has 0 aromatic carbocycles. The van der Waals surface area contributed by atoms with Crippen LogP contribution in [0.2, 0.25) is 0 Å². The summed E-state index contributed by atoms with van der Waals surface area (Å²) in [6.45, 7) is 9.86. The smallest absolute Gasteiger partial charge is 0.139 e. The van der Waals surface area contributed by atoms with Gasteiger partial charge in [-0.3, -0.25) is 4.79 Å². The van der Waals surface area contributed by atoms with Crippen molar-refractivity contribution in [3.05, 3.63) is 12.8 Å². The minimum absolute atomic E-state index is 0.0498. The number of Topliss-reactive ketones (excluding diaryl/α,β-unsaturated/α-hetero) is 2. The summed E-state index contributed by atoms with van der Waals surface area (Å²) in [7, 11) is 0. The Morgan fingerprint density at radius 3 is 2.79 bits per heavy atom. The highest BCUT2D eigenvalue weighted by Gasteiger charge is 2.38. The van der Waals surface area contributed by atoms with E-state index in [1.807, 2.05) is 0 Å². The molecule has 0 saturated heterocycles. The van der Waals surface area contributed by atoms with Crippen LogP contribution in [0.15, 0.2) is 12.8 Å². The van der Waals surface area contributed by atoms with Gasteiger partial charge in [0.25, 0.3) is 0 Å². The predicted molar refractivity (Wildman–Crippen MR) is 75.6 cm³/mol. The molecule has 0 radical (unpaired) electrons. The van der Waals surface area contributed by atoms with Crippen LogP contribution in [-0.2, 0) is 14.3 Å². The summed E-state index contributed by atoms with van der Waals surface area (Å²) >= 11 is 0. The van der Waals surface area contributed by atoms with Gasteiger partial charge in [-0.05, 0) is 38.0 Å². The lowest BCUT2D eigenvalue weighted by Crippen LogP contribution is -2.38. The fraction of sp³-hybridized carbons (Fsp3) is 0.750. The van der Waals surface area contributed by atoms with Gasteiger partial charge in [0, 0.05) is 18.3 Å².